The Hall–Kier alpha value is -2.93. The highest BCUT2D eigenvalue weighted by Gasteiger charge is 2.01. The lowest BCUT2D eigenvalue weighted by atomic mass is 10.0. The third-order valence-corrected chi connectivity index (χ3v) is 3.86. The topological polar surface area (TPSA) is 12.9 Å². The van der Waals surface area contributed by atoms with E-state index in [0.717, 1.165) is 11.1 Å². The first-order chi connectivity index (χ1) is 10.9. The first-order valence-electron chi connectivity index (χ1n) is 7.41. The van der Waals surface area contributed by atoms with Crippen LogP contribution in [-0.2, 0) is 0 Å². The summed E-state index contributed by atoms with van der Waals surface area (Å²) in [4.78, 5) is 4.67. The minimum atomic E-state index is 1.06. The van der Waals surface area contributed by atoms with Crippen molar-refractivity contribution in [3.63, 3.8) is 0 Å². The molecule has 4 rings (SSSR count). The Morgan fingerprint density at radius 1 is 0.636 bits per heavy atom. The lowest BCUT2D eigenvalue weighted by molar-refractivity contribution is 1.41. The molecule has 0 spiro atoms. The monoisotopic (exact) mass is 281 g/mol. The zero-order valence-corrected chi connectivity index (χ0v) is 12.1. The Balaban J connectivity index is 1.78. The molecule has 22 heavy (non-hydrogen) atoms. The number of aromatic nitrogens is 1. The van der Waals surface area contributed by atoms with Gasteiger partial charge in [0.15, 0.2) is 0 Å². The molecule has 0 unspecified atom stereocenters. The van der Waals surface area contributed by atoms with E-state index in [2.05, 4.69) is 71.7 Å². The maximum Gasteiger partial charge on any atom is 0.0780 e. The van der Waals surface area contributed by atoms with E-state index in [-0.39, 0.29) is 0 Å². The number of hydrogen-bond donors (Lipinski definition) is 0. The van der Waals surface area contributed by atoms with Crippen molar-refractivity contribution in [2.24, 2.45) is 0 Å². The minimum absolute atomic E-state index is 1.06. The maximum atomic E-state index is 4.67. The molecule has 0 saturated heterocycles. The fourth-order valence-electron chi connectivity index (χ4n) is 2.74. The van der Waals surface area contributed by atoms with Crippen LogP contribution < -0.4 is 0 Å². The van der Waals surface area contributed by atoms with Crippen molar-refractivity contribution in [1.29, 1.82) is 0 Å². The van der Waals surface area contributed by atoms with Gasteiger partial charge in [-0.2, -0.15) is 0 Å². The maximum absolute atomic E-state index is 4.67. The highest BCUT2D eigenvalue weighted by Crippen LogP contribution is 2.24. The van der Waals surface area contributed by atoms with Crippen LogP contribution in [0.5, 0.6) is 0 Å². The number of fused-ring (bicyclic) bond motifs is 3. The summed E-state index contributed by atoms with van der Waals surface area (Å²) < 4.78 is 0. The molecule has 0 amide bonds. The van der Waals surface area contributed by atoms with E-state index in [1.807, 2.05) is 24.4 Å². The second kappa shape index (κ2) is 5.45. The van der Waals surface area contributed by atoms with E-state index in [0.29, 0.717) is 0 Å². The van der Waals surface area contributed by atoms with Crippen molar-refractivity contribution >= 4 is 33.8 Å². The summed E-state index contributed by atoms with van der Waals surface area (Å²) in [6, 6.07) is 25.2. The Morgan fingerprint density at radius 2 is 1.36 bits per heavy atom. The summed E-state index contributed by atoms with van der Waals surface area (Å²) in [5.74, 6) is 0. The molecule has 0 aliphatic rings. The summed E-state index contributed by atoms with van der Waals surface area (Å²) in [6.07, 6.45) is 6.16. The minimum Gasteiger partial charge on any atom is -0.255 e. The van der Waals surface area contributed by atoms with Crippen molar-refractivity contribution < 1.29 is 0 Å². The standard InChI is InChI=1S/C21H15N/c1-2-6-16(7-3-1)10-11-17-14-19-13-12-18-8-4-5-9-20(18)21(19)22-15-17/h1-15H/b11-10+. The fourth-order valence-corrected chi connectivity index (χ4v) is 2.74. The average molecular weight is 281 g/mol. The van der Waals surface area contributed by atoms with Crippen LogP contribution in [0, 0.1) is 0 Å². The number of rotatable bonds is 2. The van der Waals surface area contributed by atoms with E-state index in [1.165, 1.54) is 21.7 Å². The Kier molecular flexibility index (Phi) is 3.17. The zero-order chi connectivity index (χ0) is 14.8. The smallest absolute Gasteiger partial charge is 0.0780 e. The van der Waals surface area contributed by atoms with Crippen LogP contribution >= 0.6 is 0 Å². The summed E-state index contributed by atoms with van der Waals surface area (Å²) in [5, 5.41) is 3.61. The van der Waals surface area contributed by atoms with Crippen molar-refractivity contribution in [1.82, 2.24) is 4.98 Å². The van der Waals surface area contributed by atoms with Gasteiger partial charge in [-0.3, -0.25) is 4.98 Å². The molecule has 3 aromatic carbocycles. The molecule has 0 saturated carbocycles. The second-order valence-corrected chi connectivity index (χ2v) is 5.37. The quantitative estimate of drug-likeness (QED) is 0.438. The molecule has 0 aliphatic carbocycles. The first-order valence-corrected chi connectivity index (χ1v) is 7.41. The molecule has 104 valence electrons. The van der Waals surface area contributed by atoms with Gasteiger partial charge in [-0.15, -0.1) is 0 Å². The molecule has 0 radical (unpaired) electrons. The summed E-state index contributed by atoms with van der Waals surface area (Å²) >= 11 is 0. The van der Waals surface area contributed by atoms with Crippen molar-refractivity contribution in [3.8, 4) is 0 Å². The van der Waals surface area contributed by atoms with Gasteiger partial charge in [0, 0.05) is 17.0 Å². The molecular formula is C21H15N. The van der Waals surface area contributed by atoms with Gasteiger partial charge in [-0.05, 0) is 22.6 Å². The summed E-state index contributed by atoms with van der Waals surface area (Å²) in [5.41, 5.74) is 3.38. The van der Waals surface area contributed by atoms with Crippen LogP contribution in [0.1, 0.15) is 11.1 Å². The Labute approximate surface area is 129 Å². The van der Waals surface area contributed by atoms with Gasteiger partial charge in [0.05, 0.1) is 5.52 Å². The van der Waals surface area contributed by atoms with E-state index < -0.39 is 0 Å². The molecule has 0 N–H and O–H groups in total. The van der Waals surface area contributed by atoms with Crippen LogP contribution in [0.4, 0.5) is 0 Å². The largest absolute Gasteiger partial charge is 0.255 e. The summed E-state index contributed by atoms with van der Waals surface area (Å²) in [6.45, 7) is 0. The Bertz CT molecular complexity index is 969. The molecule has 1 heteroatoms. The van der Waals surface area contributed by atoms with Crippen molar-refractivity contribution in [3.05, 3.63) is 90.1 Å². The molecule has 4 aromatic rings. The van der Waals surface area contributed by atoms with Gasteiger partial charge in [0.25, 0.3) is 0 Å². The van der Waals surface area contributed by atoms with Crippen LogP contribution in [0.3, 0.4) is 0 Å². The second-order valence-electron chi connectivity index (χ2n) is 5.37. The first kappa shape index (κ1) is 12.8. The predicted octanol–water partition coefficient (Wildman–Crippen LogP) is 5.56. The predicted molar refractivity (Wildman–Crippen MR) is 94.6 cm³/mol. The SMILES string of the molecule is C(=C\c1cnc2c(ccc3ccccc32)c1)/c1ccccc1. The number of pyridine rings is 1. The molecular weight excluding hydrogens is 266 g/mol. The van der Waals surface area contributed by atoms with Gasteiger partial charge in [0.2, 0.25) is 0 Å². The van der Waals surface area contributed by atoms with E-state index in [9.17, 15) is 0 Å². The van der Waals surface area contributed by atoms with Gasteiger partial charge in [-0.1, -0.05) is 78.9 Å². The highest BCUT2D eigenvalue weighted by atomic mass is 14.7. The molecule has 0 atom stereocenters. The zero-order valence-electron chi connectivity index (χ0n) is 12.1. The van der Waals surface area contributed by atoms with Gasteiger partial charge >= 0.3 is 0 Å². The molecule has 1 aromatic heterocycles. The number of nitrogens with zero attached hydrogens (tertiary/aromatic N) is 1. The summed E-state index contributed by atoms with van der Waals surface area (Å²) in [7, 11) is 0. The molecule has 0 bridgehead atoms. The van der Waals surface area contributed by atoms with Gasteiger partial charge in [0.1, 0.15) is 0 Å². The Morgan fingerprint density at radius 3 is 2.27 bits per heavy atom. The number of benzene rings is 3. The van der Waals surface area contributed by atoms with Crippen LogP contribution in [0.15, 0.2) is 79.0 Å². The highest BCUT2D eigenvalue weighted by molar-refractivity contribution is 6.05. The van der Waals surface area contributed by atoms with Gasteiger partial charge in [-0.25, -0.2) is 0 Å². The van der Waals surface area contributed by atoms with Crippen LogP contribution in [0.2, 0.25) is 0 Å². The lowest BCUT2D eigenvalue weighted by Gasteiger charge is -2.04. The van der Waals surface area contributed by atoms with Gasteiger partial charge < -0.3 is 0 Å². The molecule has 1 heterocycles. The molecule has 0 fully saturated rings. The van der Waals surface area contributed by atoms with E-state index in [4.69, 9.17) is 0 Å². The number of hydrogen-bond acceptors (Lipinski definition) is 1. The molecule has 0 aliphatic heterocycles. The average Bonchev–Trinajstić information content (AvgIpc) is 2.60. The third-order valence-electron chi connectivity index (χ3n) is 3.86. The van der Waals surface area contributed by atoms with E-state index in [1.54, 1.807) is 0 Å². The van der Waals surface area contributed by atoms with Crippen molar-refractivity contribution in [2.75, 3.05) is 0 Å². The molecule has 1 nitrogen and oxygen atoms in total. The normalized spacial score (nSPS) is 11.5. The third kappa shape index (κ3) is 2.38. The van der Waals surface area contributed by atoms with Crippen LogP contribution in [0.25, 0.3) is 33.8 Å². The lowest BCUT2D eigenvalue weighted by Crippen LogP contribution is -1.83. The fraction of sp³-hybridized carbons (Fsp3) is 0. The van der Waals surface area contributed by atoms with E-state index >= 15 is 0 Å². The van der Waals surface area contributed by atoms with Crippen molar-refractivity contribution in [2.45, 2.75) is 0 Å². The van der Waals surface area contributed by atoms with Crippen LogP contribution in [-0.4, -0.2) is 4.98 Å².